The Balaban J connectivity index is 1.66. The highest BCUT2D eigenvalue weighted by Gasteiger charge is 2.16. The van der Waals surface area contributed by atoms with Gasteiger partial charge in [-0.15, -0.1) is 0 Å². The quantitative estimate of drug-likeness (QED) is 0.794. The zero-order valence-electron chi connectivity index (χ0n) is 12.9. The van der Waals surface area contributed by atoms with Gasteiger partial charge in [0, 0.05) is 16.1 Å². The number of amides is 1. The van der Waals surface area contributed by atoms with Gasteiger partial charge < -0.3 is 14.8 Å². The molecular formula is C18H15BrFNO3. The van der Waals surface area contributed by atoms with Crippen LogP contribution in [-0.2, 0) is 4.79 Å². The summed E-state index contributed by atoms with van der Waals surface area (Å²) in [5, 5.41) is 2.84. The molecule has 0 saturated carbocycles. The zero-order valence-corrected chi connectivity index (χ0v) is 14.5. The van der Waals surface area contributed by atoms with Gasteiger partial charge in [0.1, 0.15) is 5.82 Å². The molecule has 124 valence electrons. The third kappa shape index (κ3) is 3.76. The Morgan fingerprint density at radius 2 is 2.04 bits per heavy atom. The summed E-state index contributed by atoms with van der Waals surface area (Å²) < 4.78 is 25.0. The Bertz CT molecular complexity index is 807. The summed E-state index contributed by atoms with van der Waals surface area (Å²) in [5.41, 5.74) is 1.24. The van der Waals surface area contributed by atoms with Crippen molar-refractivity contribution >= 4 is 27.9 Å². The molecule has 0 aliphatic carbocycles. The summed E-state index contributed by atoms with van der Waals surface area (Å²) in [6, 6.07) is 9.86. The van der Waals surface area contributed by atoms with E-state index in [1.807, 2.05) is 25.1 Å². The lowest BCUT2D eigenvalue weighted by molar-refractivity contribution is -0.117. The van der Waals surface area contributed by atoms with Crippen molar-refractivity contribution in [2.75, 3.05) is 6.79 Å². The van der Waals surface area contributed by atoms with Crippen LogP contribution >= 0.6 is 15.9 Å². The predicted octanol–water partition coefficient (Wildman–Crippen LogP) is 4.21. The predicted molar refractivity (Wildman–Crippen MR) is 92.3 cm³/mol. The van der Waals surface area contributed by atoms with Gasteiger partial charge in [0.05, 0.1) is 6.04 Å². The van der Waals surface area contributed by atoms with Gasteiger partial charge in [-0.1, -0.05) is 22.0 Å². The molecule has 1 heterocycles. The molecule has 1 aliphatic heterocycles. The average Bonchev–Trinajstić information content (AvgIpc) is 3.03. The van der Waals surface area contributed by atoms with E-state index in [1.165, 1.54) is 18.2 Å². The number of benzene rings is 2. The Morgan fingerprint density at radius 3 is 2.88 bits per heavy atom. The topological polar surface area (TPSA) is 47.6 Å². The van der Waals surface area contributed by atoms with Gasteiger partial charge in [-0.3, -0.25) is 4.79 Å². The van der Waals surface area contributed by atoms with Gasteiger partial charge in [0.2, 0.25) is 12.7 Å². The van der Waals surface area contributed by atoms with Crippen LogP contribution in [0.5, 0.6) is 11.5 Å². The summed E-state index contributed by atoms with van der Waals surface area (Å²) >= 11 is 3.28. The summed E-state index contributed by atoms with van der Waals surface area (Å²) in [7, 11) is 0. The second kappa shape index (κ2) is 7.05. The van der Waals surface area contributed by atoms with Crippen LogP contribution in [0.15, 0.2) is 46.9 Å². The number of halogens is 2. The summed E-state index contributed by atoms with van der Waals surface area (Å²) in [6.45, 7) is 2.07. The highest BCUT2D eigenvalue weighted by atomic mass is 79.9. The third-order valence-corrected chi connectivity index (χ3v) is 4.12. The van der Waals surface area contributed by atoms with Crippen molar-refractivity contribution in [1.29, 1.82) is 0 Å². The van der Waals surface area contributed by atoms with Crippen LogP contribution in [0.2, 0.25) is 0 Å². The van der Waals surface area contributed by atoms with Gasteiger partial charge in [-0.05, 0) is 48.9 Å². The van der Waals surface area contributed by atoms with Gasteiger partial charge in [0.25, 0.3) is 0 Å². The first kappa shape index (κ1) is 16.5. The van der Waals surface area contributed by atoms with Gasteiger partial charge in [-0.25, -0.2) is 4.39 Å². The van der Waals surface area contributed by atoms with Crippen molar-refractivity contribution in [3.63, 3.8) is 0 Å². The number of hydrogen-bond acceptors (Lipinski definition) is 3. The van der Waals surface area contributed by atoms with Crippen molar-refractivity contribution in [2.45, 2.75) is 13.0 Å². The number of nitrogens with one attached hydrogen (secondary N) is 1. The molecule has 2 aromatic carbocycles. The molecule has 3 rings (SSSR count). The molecule has 1 atom stereocenters. The smallest absolute Gasteiger partial charge is 0.244 e. The van der Waals surface area contributed by atoms with Crippen molar-refractivity contribution in [3.05, 3.63) is 63.9 Å². The normalized spacial score (nSPS) is 14.0. The second-order valence-electron chi connectivity index (χ2n) is 5.34. The molecule has 0 aromatic heterocycles. The third-order valence-electron chi connectivity index (χ3n) is 3.63. The number of rotatable bonds is 4. The highest BCUT2D eigenvalue weighted by molar-refractivity contribution is 9.10. The van der Waals surface area contributed by atoms with E-state index >= 15 is 0 Å². The number of fused-ring (bicyclic) bond motifs is 1. The average molecular weight is 392 g/mol. The molecule has 0 fully saturated rings. The molecule has 6 heteroatoms. The molecule has 24 heavy (non-hydrogen) atoms. The number of ether oxygens (including phenoxy) is 2. The van der Waals surface area contributed by atoms with Crippen LogP contribution in [-0.4, -0.2) is 12.7 Å². The monoisotopic (exact) mass is 391 g/mol. The molecule has 1 unspecified atom stereocenters. The Morgan fingerprint density at radius 1 is 1.25 bits per heavy atom. The molecule has 1 N–H and O–H groups in total. The van der Waals surface area contributed by atoms with Crippen LogP contribution in [0.4, 0.5) is 4.39 Å². The molecule has 1 aliphatic rings. The maximum atomic E-state index is 13.6. The van der Waals surface area contributed by atoms with E-state index in [0.717, 1.165) is 10.0 Å². The van der Waals surface area contributed by atoms with Crippen molar-refractivity contribution < 1.29 is 18.7 Å². The van der Waals surface area contributed by atoms with Crippen molar-refractivity contribution in [1.82, 2.24) is 5.32 Å². The fraction of sp³-hybridized carbons (Fsp3) is 0.167. The van der Waals surface area contributed by atoms with E-state index in [2.05, 4.69) is 21.2 Å². The van der Waals surface area contributed by atoms with E-state index < -0.39 is 0 Å². The van der Waals surface area contributed by atoms with Gasteiger partial charge >= 0.3 is 0 Å². The first-order chi connectivity index (χ1) is 11.5. The molecule has 4 nitrogen and oxygen atoms in total. The molecule has 0 radical (unpaired) electrons. The van der Waals surface area contributed by atoms with Crippen LogP contribution in [0.1, 0.15) is 24.1 Å². The fourth-order valence-corrected chi connectivity index (χ4v) is 2.71. The molecular weight excluding hydrogens is 377 g/mol. The maximum absolute atomic E-state index is 13.6. The van der Waals surface area contributed by atoms with Crippen LogP contribution < -0.4 is 14.8 Å². The molecule has 1 amide bonds. The lowest BCUT2D eigenvalue weighted by Crippen LogP contribution is -2.24. The summed E-state index contributed by atoms with van der Waals surface area (Å²) in [4.78, 5) is 12.0. The zero-order chi connectivity index (χ0) is 17.1. The highest BCUT2D eigenvalue weighted by Crippen LogP contribution is 2.34. The van der Waals surface area contributed by atoms with E-state index in [0.29, 0.717) is 17.1 Å². The molecule has 0 spiro atoms. The van der Waals surface area contributed by atoms with Crippen LogP contribution in [0.25, 0.3) is 6.08 Å². The Kier molecular flexibility index (Phi) is 4.85. The maximum Gasteiger partial charge on any atom is 0.244 e. The Labute approximate surface area is 147 Å². The number of carbonyl (C=O) groups is 1. The summed E-state index contributed by atoms with van der Waals surface area (Å²) in [6.07, 6.45) is 2.76. The van der Waals surface area contributed by atoms with Crippen LogP contribution in [0, 0.1) is 5.82 Å². The van der Waals surface area contributed by atoms with Crippen molar-refractivity contribution in [3.8, 4) is 11.5 Å². The van der Waals surface area contributed by atoms with Gasteiger partial charge in [-0.2, -0.15) is 0 Å². The van der Waals surface area contributed by atoms with E-state index in [9.17, 15) is 9.18 Å². The van der Waals surface area contributed by atoms with E-state index in [1.54, 1.807) is 12.1 Å². The number of hydrogen-bond donors (Lipinski definition) is 1. The minimum Gasteiger partial charge on any atom is -0.454 e. The Hall–Kier alpha value is -2.34. The lowest BCUT2D eigenvalue weighted by atomic mass is 10.1. The first-order valence-electron chi connectivity index (χ1n) is 7.36. The number of carbonyl (C=O) groups excluding carboxylic acids is 1. The van der Waals surface area contributed by atoms with Gasteiger partial charge in [0.15, 0.2) is 11.5 Å². The molecule has 0 bridgehead atoms. The second-order valence-corrected chi connectivity index (χ2v) is 6.26. The van der Waals surface area contributed by atoms with Crippen molar-refractivity contribution in [2.24, 2.45) is 0 Å². The summed E-state index contributed by atoms with van der Waals surface area (Å²) in [5.74, 6) is 0.674. The minimum absolute atomic E-state index is 0.209. The lowest BCUT2D eigenvalue weighted by Gasteiger charge is -2.13. The standard InChI is InChI=1S/C18H15BrFNO3/c1-11(12-2-6-16-17(9-12)24-10-23-16)21-18(22)7-3-13-8-14(19)4-5-15(13)20/h2-9,11H,10H2,1H3,(H,21,22). The van der Waals surface area contributed by atoms with E-state index in [-0.39, 0.29) is 24.6 Å². The molecule has 2 aromatic rings. The first-order valence-corrected chi connectivity index (χ1v) is 8.15. The molecule has 0 saturated heterocycles. The largest absolute Gasteiger partial charge is 0.454 e. The van der Waals surface area contributed by atoms with E-state index in [4.69, 9.17) is 9.47 Å². The van der Waals surface area contributed by atoms with Crippen LogP contribution in [0.3, 0.4) is 0 Å². The SMILES string of the molecule is CC(NC(=O)C=Cc1cc(Br)ccc1F)c1ccc2c(c1)OCO2. The minimum atomic E-state index is -0.383. The fourth-order valence-electron chi connectivity index (χ4n) is 2.34.